The van der Waals surface area contributed by atoms with E-state index < -0.39 is 0 Å². The van der Waals surface area contributed by atoms with Crippen molar-refractivity contribution >= 4 is 24.2 Å². The van der Waals surface area contributed by atoms with Gasteiger partial charge in [0, 0.05) is 43.7 Å². The number of piperazine rings is 1. The molecule has 1 heterocycles. The molecule has 0 aliphatic carbocycles. The minimum atomic E-state index is 0.172. The molecule has 0 spiro atoms. The van der Waals surface area contributed by atoms with Gasteiger partial charge in [0.15, 0.2) is 0 Å². The Kier molecular flexibility index (Phi) is 3.39. The summed E-state index contributed by atoms with van der Waals surface area (Å²) in [6.07, 6.45) is 0. The number of carbonyl (C=O) groups is 1. The van der Waals surface area contributed by atoms with Crippen LogP contribution in [0.2, 0.25) is 0 Å². The van der Waals surface area contributed by atoms with Crippen LogP contribution in [0.4, 0.5) is 5.69 Å². The highest BCUT2D eigenvalue weighted by molar-refractivity contribution is 7.80. The van der Waals surface area contributed by atoms with Gasteiger partial charge in [-0.3, -0.25) is 4.79 Å². The Balaban J connectivity index is 1.99. The molecule has 1 aliphatic rings. The lowest BCUT2D eigenvalue weighted by molar-refractivity contribution is -0.129. The van der Waals surface area contributed by atoms with Gasteiger partial charge in [-0.25, -0.2) is 0 Å². The van der Waals surface area contributed by atoms with Crippen LogP contribution in [0.1, 0.15) is 6.92 Å². The second-order valence-electron chi connectivity index (χ2n) is 4.01. The molecule has 1 aliphatic heterocycles. The number of nitrogens with zero attached hydrogens (tertiary/aromatic N) is 2. The Hall–Kier alpha value is -1.16. The van der Waals surface area contributed by atoms with E-state index in [4.69, 9.17) is 0 Å². The number of hydrogen-bond acceptors (Lipinski definition) is 3. The van der Waals surface area contributed by atoms with E-state index in [0.29, 0.717) is 0 Å². The van der Waals surface area contributed by atoms with E-state index in [1.165, 1.54) is 5.69 Å². The van der Waals surface area contributed by atoms with Gasteiger partial charge in [0.05, 0.1) is 0 Å². The van der Waals surface area contributed by atoms with E-state index in [1.54, 1.807) is 6.92 Å². The van der Waals surface area contributed by atoms with Crippen molar-refractivity contribution < 1.29 is 4.79 Å². The lowest BCUT2D eigenvalue weighted by atomic mass is 10.2. The summed E-state index contributed by atoms with van der Waals surface area (Å²) in [5, 5.41) is 0. The minimum absolute atomic E-state index is 0.172. The number of hydrogen-bond donors (Lipinski definition) is 1. The summed E-state index contributed by atoms with van der Waals surface area (Å²) >= 11 is 4.27. The van der Waals surface area contributed by atoms with E-state index in [9.17, 15) is 4.79 Å². The molecule has 0 bridgehead atoms. The van der Waals surface area contributed by atoms with Gasteiger partial charge in [0.25, 0.3) is 0 Å². The van der Waals surface area contributed by atoms with Gasteiger partial charge in [0.1, 0.15) is 0 Å². The second-order valence-corrected chi connectivity index (χ2v) is 4.53. The van der Waals surface area contributed by atoms with Crippen LogP contribution < -0.4 is 4.90 Å². The Morgan fingerprint density at radius 2 is 1.69 bits per heavy atom. The zero-order chi connectivity index (χ0) is 11.5. The van der Waals surface area contributed by atoms with Gasteiger partial charge in [-0.15, -0.1) is 12.6 Å². The smallest absolute Gasteiger partial charge is 0.219 e. The van der Waals surface area contributed by atoms with Crippen molar-refractivity contribution in [2.24, 2.45) is 0 Å². The third-order valence-electron chi connectivity index (χ3n) is 2.94. The SMILES string of the molecule is CC(=O)N1CCN(c2ccc(S)cc2)CC1. The summed E-state index contributed by atoms with van der Waals surface area (Å²) in [4.78, 5) is 16.4. The third kappa shape index (κ3) is 2.50. The van der Waals surface area contributed by atoms with E-state index in [-0.39, 0.29) is 5.91 Å². The van der Waals surface area contributed by atoms with Gasteiger partial charge >= 0.3 is 0 Å². The number of anilines is 1. The van der Waals surface area contributed by atoms with E-state index >= 15 is 0 Å². The average Bonchev–Trinajstić information content (AvgIpc) is 2.30. The molecule has 1 aromatic carbocycles. The van der Waals surface area contributed by atoms with E-state index in [1.807, 2.05) is 17.0 Å². The highest BCUT2D eigenvalue weighted by Gasteiger charge is 2.18. The molecule has 0 unspecified atom stereocenters. The molecule has 0 atom stereocenters. The largest absolute Gasteiger partial charge is 0.368 e. The molecule has 16 heavy (non-hydrogen) atoms. The number of thiol groups is 1. The van der Waals surface area contributed by atoms with Crippen LogP contribution in [0.5, 0.6) is 0 Å². The molecule has 0 N–H and O–H groups in total. The summed E-state index contributed by atoms with van der Waals surface area (Å²) in [5.74, 6) is 0.172. The summed E-state index contributed by atoms with van der Waals surface area (Å²) in [5.41, 5.74) is 1.21. The summed E-state index contributed by atoms with van der Waals surface area (Å²) in [6, 6.07) is 8.14. The standard InChI is InChI=1S/C12H16N2OS/c1-10(15)13-6-8-14(9-7-13)11-2-4-12(16)5-3-11/h2-5,16H,6-9H2,1H3. The molecular weight excluding hydrogens is 220 g/mol. The number of rotatable bonds is 1. The maximum atomic E-state index is 11.2. The van der Waals surface area contributed by atoms with Crippen LogP contribution >= 0.6 is 12.6 Å². The van der Waals surface area contributed by atoms with Crippen molar-refractivity contribution in [3.8, 4) is 0 Å². The summed E-state index contributed by atoms with van der Waals surface area (Å²) < 4.78 is 0. The molecule has 0 aromatic heterocycles. The Morgan fingerprint density at radius 1 is 1.12 bits per heavy atom. The molecule has 0 radical (unpaired) electrons. The quantitative estimate of drug-likeness (QED) is 0.749. The van der Waals surface area contributed by atoms with Crippen LogP contribution in [-0.2, 0) is 4.79 Å². The van der Waals surface area contributed by atoms with Gasteiger partial charge in [-0.1, -0.05) is 0 Å². The number of benzene rings is 1. The van der Waals surface area contributed by atoms with Crippen LogP contribution in [0, 0.1) is 0 Å². The highest BCUT2D eigenvalue weighted by Crippen LogP contribution is 2.18. The van der Waals surface area contributed by atoms with Crippen molar-refractivity contribution in [1.29, 1.82) is 0 Å². The van der Waals surface area contributed by atoms with E-state index in [0.717, 1.165) is 31.1 Å². The van der Waals surface area contributed by atoms with Crippen molar-refractivity contribution in [3.63, 3.8) is 0 Å². The first-order valence-electron chi connectivity index (χ1n) is 5.46. The monoisotopic (exact) mass is 236 g/mol. The average molecular weight is 236 g/mol. The molecule has 86 valence electrons. The van der Waals surface area contributed by atoms with Crippen LogP contribution in [-0.4, -0.2) is 37.0 Å². The van der Waals surface area contributed by atoms with Crippen molar-refractivity contribution in [2.75, 3.05) is 31.1 Å². The first-order chi connectivity index (χ1) is 7.66. The minimum Gasteiger partial charge on any atom is -0.368 e. The predicted octanol–water partition coefficient (Wildman–Crippen LogP) is 1.64. The molecule has 4 heteroatoms. The molecule has 3 nitrogen and oxygen atoms in total. The molecule has 0 saturated carbocycles. The Morgan fingerprint density at radius 3 is 2.19 bits per heavy atom. The van der Waals surface area contributed by atoms with Crippen molar-refractivity contribution in [1.82, 2.24) is 4.90 Å². The highest BCUT2D eigenvalue weighted by atomic mass is 32.1. The zero-order valence-corrected chi connectivity index (χ0v) is 10.3. The zero-order valence-electron chi connectivity index (χ0n) is 9.39. The molecule has 1 saturated heterocycles. The van der Waals surface area contributed by atoms with E-state index in [2.05, 4.69) is 29.7 Å². The molecule has 1 amide bonds. The lowest BCUT2D eigenvalue weighted by Gasteiger charge is -2.35. The third-order valence-corrected chi connectivity index (χ3v) is 3.24. The van der Waals surface area contributed by atoms with Gasteiger partial charge < -0.3 is 9.80 Å². The fraction of sp³-hybridized carbons (Fsp3) is 0.417. The molecular formula is C12H16N2OS. The molecule has 2 rings (SSSR count). The maximum Gasteiger partial charge on any atom is 0.219 e. The topological polar surface area (TPSA) is 23.6 Å². The summed E-state index contributed by atoms with van der Waals surface area (Å²) in [7, 11) is 0. The Labute approximate surface area is 101 Å². The van der Waals surface area contributed by atoms with Crippen molar-refractivity contribution in [3.05, 3.63) is 24.3 Å². The van der Waals surface area contributed by atoms with Gasteiger partial charge in [-0.05, 0) is 24.3 Å². The lowest BCUT2D eigenvalue weighted by Crippen LogP contribution is -2.48. The first kappa shape index (κ1) is 11.3. The van der Waals surface area contributed by atoms with Crippen LogP contribution in [0.15, 0.2) is 29.2 Å². The maximum absolute atomic E-state index is 11.2. The van der Waals surface area contributed by atoms with Gasteiger partial charge in [-0.2, -0.15) is 0 Å². The van der Waals surface area contributed by atoms with Crippen molar-refractivity contribution in [2.45, 2.75) is 11.8 Å². The number of amides is 1. The van der Waals surface area contributed by atoms with Crippen LogP contribution in [0.3, 0.4) is 0 Å². The number of carbonyl (C=O) groups excluding carboxylic acids is 1. The predicted molar refractivity (Wildman–Crippen MR) is 68.2 cm³/mol. The summed E-state index contributed by atoms with van der Waals surface area (Å²) in [6.45, 7) is 5.08. The van der Waals surface area contributed by atoms with Crippen LogP contribution in [0.25, 0.3) is 0 Å². The van der Waals surface area contributed by atoms with Gasteiger partial charge in [0.2, 0.25) is 5.91 Å². The fourth-order valence-electron chi connectivity index (χ4n) is 1.94. The molecule has 1 fully saturated rings. The Bertz CT molecular complexity index is 369. The molecule has 1 aromatic rings. The normalized spacial score (nSPS) is 16.4. The first-order valence-corrected chi connectivity index (χ1v) is 5.91. The fourth-order valence-corrected chi connectivity index (χ4v) is 2.09. The second kappa shape index (κ2) is 4.78.